The Bertz CT molecular complexity index is 1070. The van der Waals surface area contributed by atoms with Gasteiger partial charge in [0.25, 0.3) is 0 Å². The van der Waals surface area contributed by atoms with Crippen LogP contribution in [0.1, 0.15) is 12.7 Å². The van der Waals surface area contributed by atoms with Gasteiger partial charge in [0, 0.05) is 13.6 Å². The third kappa shape index (κ3) is 7.06. The molecule has 0 atom stereocenters. The van der Waals surface area contributed by atoms with Gasteiger partial charge in [-0.15, -0.1) is 24.0 Å². The Morgan fingerprint density at radius 1 is 1.10 bits per heavy atom. The third-order valence-electron chi connectivity index (χ3n) is 4.52. The minimum atomic E-state index is -3.35. The molecule has 0 saturated carbocycles. The summed E-state index contributed by atoms with van der Waals surface area (Å²) in [5, 5.41) is 3.21. The van der Waals surface area contributed by atoms with E-state index < -0.39 is 9.84 Å². The zero-order valence-electron chi connectivity index (χ0n) is 17.7. The summed E-state index contributed by atoms with van der Waals surface area (Å²) in [5.74, 6) is 1.40. The molecule has 3 rings (SSSR count). The van der Waals surface area contributed by atoms with Gasteiger partial charge in [-0.25, -0.2) is 13.4 Å². The lowest BCUT2D eigenvalue weighted by Gasteiger charge is -2.21. The average Bonchev–Trinajstić information content (AvgIpc) is 3.23. The van der Waals surface area contributed by atoms with Gasteiger partial charge in [-0.1, -0.05) is 48.5 Å². The summed E-state index contributed by atoms with van der Waals surface area (Å²) < 4.78 is 24.9. The second-order valence-electron chi connectivity index (χ2n) is 6.83. The molecule has 0 aliphatic carbocycles. The largest absolute Gasteiger partial charge is 0.357 e. The van der Waals surface area contributed by atoms with Crippen LogP contribution < -0.4 is 5.32 Å². The fourth-order valence-electron chi connectivity index (χ4n) is 2.99. The van der Waals surface area contributed by atoms with Gasteiger partial charge >= 0.3 is 0 Å². The van der Waals surface area contributed by atoms with Crippen molar-refractivity contribution in [2.45, 2.75) is 18.4 Å². The minimum absolute atomic E-state index is 0. The maximum absolute atomic E-state index is 12.5. The first-order valence-electron chi connectivity index (χ1n) is 9.86. The van der Waals surface area contributed by atoms with E-state index in [2.05, 4.69) is 20.3 Å². The molecule has 0 bridgehead atoms. The number of H-pyrrole nitrogens is 1. The van der Waals surface area contributed by atoms with Gasteiger partial charge in [0.15, 0.2) is 15.8 Å². The van der Waals surface area contributed by atoms with Crippen LogP contribution >= 0.6 is 24.0 Å². The van der Waals surface area contributed by atoms with E-state index in [1.54, 1.807) is 30.3 Å². The van der Waals surface area contributed by atoms with Gasteiger partial charge in [-0.05, 0) is 24.6 Å². The van der Waals surface area contributed by atoms with Gasteiger partial charge in [-0.3, -0.25) is 4.99 Å². The first kappa shape index (κ1) is 24.9. The van der Waals surface area contributed by atoms with Crippen LogP contribution in [0.5, 0.6) is 0 Å². The number of aliphatic imine (C=N–C) groups is 1. The number of nitrogens with zero attached hydrogens (tertiary/aromatic N) is 3. The maximum Gasteiger partial charge on any atom is 0.194 e. The van der Waals surface area contributed by atoms with Crippen LogP contribution in [0.3, 0.4) is 0 Å². The Morgan fingerprint density at radius 2 is 1.74 bits per heavy atom. The number of sulfone groups is 1. The highest BCUT2D eigenvalue weighted by Crippen LogP contribution is 2.16. The van der Waals surface area contributed by atoms with Gasteiger partial charge in [0.1, 0.15) is 5.82 Å². The molecule has 0 radical (unpaired) electrons. The maximum atomic E-state index is 12.5. The number of halogens is 1. The number of nitrogens with one attached hydrogen (secondary N) is 2. The van der Waals surface area contributed by atoms with E-state index in [1.165, 1.54) is 0 Å². The molecule has 3 aromatic rings. The Balaban J connectivity index is 0.00000341. The molecule has 0 amide bonds. The molecule has 1 aromatic heterocycles. The van der Waals surface area contributed by atoms with Crippen LogP contribution in [-0.4, -0.2) is 55.1 Å². The standard InChI is InChI=1S/C22H27N5O2S.HI/c1-3-23-22(24-14-15-30(28,29)19-12-8-5-9-13-19)27(2)17-21-25-16-20(26-21)18-10-6-4-7-11-18;/h4-13,16H,3,14-15,17H2,1-2H3,(H,23,24)(H,25,26);1H. The lowest BCUT2D eigenvalue weighted by Crippen LogP contribution is -2.39. The predicted molar refractivity (Wildman–Crippen MR) is 135 cm³/mol. The van der Waals surface area contributed by atoms with Crippen molar-refractivity contribution in [1.29, 1.82) is 0 Å². The summed E-state index contributed by atoms with van der Waals surface area (Å²) in [6, 6.07) is 18.5. The Hall–Kier alpha value is -2.40. The predicted octanol–water partition coefficient (Wildman–Crippen LogP) is 3.57. The quantitative estimate of drug-likeness (QED) is 0.253. The fourth-order valence-corrected chi connectivity index (χ4v) is 4.13. The summed E-state index contributed by atoms with van der Waals surface area (Å²) in [7, 11) is -1.45. The van der Waals surface area contributed by atoms with Crippen LogP contribution in [0, 0.1) is 0 Å². The number of hydrogen-bond acceptors (Lipinski definition) is 4. The number of imidazole rings is 1. The molecule has 1 heterocycles. The third-order valence-corrected chi connectivity index (χ3v) is 6.23. The molecular formula is C22H28IN5O2S. The molecule has 0 aliphatic rings. The van der Waals surface area contributed by atoms with Gasteiger partial charge in [-0.2, -0.15) is 0 Å². The smallest absolute Gasteiger partial charge is 0.194 e. The van der Waals surface area contributed by atoms with Crippen molar-refractivity contribution in [2.75, 3.05) is 25.9 Å². The van der Waals surface area contributed by atoms with E-state index in [0.29, 0.717) is 23.9 Å². The van der Waals surface area contributed by atoms with Crippen LogP contribution in [0.15, 0.2) is 76.7 Å². The number of benzene rings is 2. The van der Waals surface area contributed by atoms with Crippen molar-refractivity contribution >= 4 is 39.8 Å². The number of hydrogen-bond donors (Lipinski definition) is 2. The summed E-state index contributed by atoms with van der Waals surface area (Å²) >= 11 is 0. The number of rotatable bonds is 8. The topological polar surface area (TPSA) is 90.4 Å². The molecule has 0 saturated heterocycles. The number of aromatic nitrogens is 2. The molecule has 7 nitrogen and oxygen atoms in total. The second-order valence-corrected chi connectivity index (χ2v) is 8.94. The monoisotopic (exact) mass is 553 g/mol. The van der Waals surface area contributed by atoms with E-state index in [0.717, 1.165) is 17.1 Å². The van der Waals surface area contributed by atoms with E-state index in [4.69, 9.17) is 0 Å². The molecule has 166 valence electrons. The highest BCUT2D eigenvalue weighted by Gasteiger charge is 2.14. The van der Waals surface area contributed by atoms with Crippen LogP contribution in [-0.2, 0) is 16.4 Å². The zero-order chi connectivity index (χ0) is 21.4. The second kappa shape index (κ2) is 11.8. The van der Waals surface area contributed by atoms with Crippen molar-refractivity contribution < 1.29 is 8.42 Å². The van der Waals surface area contributed by atoms with Crippen molar-refractivity contribution in [3.63, 3.8) is 0 Å². The molecular weight excluding hydrogens is 525 g/mol. The SMILES string of the molecule is CCNC(=NCCS(=O)(=O)c1ccccc1)N(C)Cc1ncc(-c2ccccc2)[nH]1.I. The van der Waals surface area contributed by atoms with Crippen LogP contribution in [0.25, 0.3) is 11.3 Å². The molecule has 31 heavy (non-hydrogen) atoms. The van der Waals surface area contributed by atoms with E-state index in [1.807, 2.05) is 55.4 Å². The first-order valence-corrected chi connectivity index (χ1v) is 11.5. The molecule has 0 aliphatic heterocycles. The first-order chi connectivity index (χ1) is 14.5. The van der Waals surface area contributed by atoms with Crippen molar-refractivity contribution in [1.82, 2.24) is 20.2 Å². The fraction of sp³-hybridized carbons (Fsp3) is 0.273. The lowest BCUT2D eigenvalue weighted by molar-refractivity contribution is 0.464. The van der Waals surface area contributed by atoms with Crippen molar-refractivity contribution in [3.8, 4) is 11.3 Å². The minimum Gasteiger partial charge on any atom is -0.357 e. The number of guanidine groups is 1. The van der Waals surface area contributed by atoms with Crippen molar-refractivity contribution in [3.05, 3.63) is 72.7 Å². The molecule has 0 unspecified atom stereocenters. The van der Waals surface area contributed by atoms with Crippen LogP contribution in [0.4, 0.5) is 0 Å². The lowest BCUT2D eigenvalue weighted by atomic mass is 10.2. The Kier molecular flexibility index (Phi) is 9.50. The highest BCUT2D eigenvalue weighted by atomic mass is 127. The summed E-state index contributed by atoms with van der Waals surface area (Å²) in [6.45, 7) is 3.36. The molecule has 2 aromatic carbocycles. The molecule has 2 N–H and O–H groups in total. The summed E-state index contributed by atoms with van der Waals surface area (Å²) in [5.41, 5.74) is 2.03. The van der Waals surface area contributed by atoms with Crippen LogP contribution in [0.2, 0.25) is 0 Å². The zero-order valence-corrected chi connectivity index (χ0v) is 20.8. The average molecular weight is 553 g/mol. The Morgan fingerprint density at radius 3 is 2.39 bits per heavy atom. The Labute approximate surface area is 201 Å². The normalized spacial score (nSPS) is 11.6. The van der Waals surface area contributed by atoms with E-state index >= 15 is 0 Å². The number of aromatic amines is 1. The summed E-state index contributed by atoms with van der Waals surface area (Å²) in [4.78, 5) is 14.5. The van der Waals surface area contributed by atoms with Crippen molar-refractivity contribution in [2.24, 2.45) is 4.99 Å². The van der Waals surface area contributed by atoms with Gasteiger partial charge in [0.2, 0.25) is 0 Å². The molecule has 0 fully saturated rings. The van der Waals surface area contributed by atoms with Gasteiger partial charge in [0.05, 0.1) is 35.6 Å². The summed E-state index contributed by atoms with van der Waals surface area (Å²) in [6.07, 6.45) is 1.81. The van der Waals surface area contributed by atoms with Gasteiger partial charge < -0.3 is 15.2 Å². The van der Waals surface area contributed by atoms with E-state index in [9.17, 15) is 8.42 Å². The van der Waals surface area contributed by atoms with E-state index in [-0.39, 0.29) is 36.3 Å². The molecule has 9 heteroatoms. The molecule has 0 spiro atoms. The highest BCUT2D eigenvalue weighted by molar-refractivity contribution is 14.0.